The van der Waals surface area contributed by atoms with Gasteiger partial charge in [0.25, 0.3) is 0 Å². The van der Waals surface area contributed by atoms with Gasteiger partial charge in [-0.2, -0.15) is 0 Å². The zero-order valence-electron chi connectivity index (χ0n) is 13.9. The van der Waals surface area contributed by atoms with Crippen LogP contribution < -0.4 is 11.1 Å². The Bertz CT molecular complexity index is 510. The molecular weight excluding hydrogens is 448 g/mol. The normalized spacial score (nSPS) is 12.0. The summed E-state index contributed by atoms with van der Waals surface area (Å²) in [6.07, 6.45) is 0.903. The number of nitrogens with one attached hydrogen (secondary N) is 1. The van der Waals surface area contributed by atoms with Gasteiger partial charge in [-0.05, 0) is 31.0 Å². The maximum absolute atomic E-state index is 6.08. The molecule has 1 aromatic rings. The standard InChI is InChI=1S/C16H25Cl2N3O.HI/c1-4-22-9-5-8-20-15(19)21-11-16(2,3)12-6-7-13(17)14(18)10-12;/h6-7,10H,4-5,8-9,11H2,1-3H3,(H3,19,20,21);1H. The molecule has 3 N–H and O–H groups in total. The van der Waals surface area contributed by atoms with E-state index >= 15 is 0 Å². The second-order valence-electron chi connectivity index (χ2n) is 5.69. The average molecular weight is 474 g/mol. The molecule has 0 fully saturated rings. The molecule has 0 aliphatic rings. The molecular formula is C16H26Cl2IN3O. The molecule has 0 amide bonds. The van der Waals surface area contributed by atoms with Gasteiger partial charge in [0.15, 0.2) is 5.96 Å². The minimum atomic E-state index is -0.175. The Labute approximate surface area is 166 Å². The van der Waals surface area contributed by atoms with Crippen LogP contribution in [0.5, 0.6) is 0 Å². The van der Waals surface area contributed by atoms with Gasteiger partial charge in [0, 0.05) is 25.2 Å². The number of nitrogens with zero attached hydrogens (tertiary/aromatic N) is 1. The fraction of sp³-hybridized carbons (Fsp3) is 0.562. The fourth-order valence-electron chi connectivity index (χ4n) is 1.88. The van der Waals surface area contributed by atoms with E-state index in [0.29, 0.717) is 22.5 Å². The summed E-state index contributed by atoms with van der Waals surface area (Å²) in [4.78, 5) is 4.41. The third kappa shape index (κ3) is 8.42. The first-order valence-corrected chi connectivity index (χ1v) is 8.19. The number of hydrogen-bond donors (Lipinski definition) is 2. The second kappa shape index (κ2) is 11.3. The van der Waals surface area contributed by atoms with Crippen LogP contribution in [0.1, 0.15) is 32.8 Å². The SMILES string of the molecule is CCOCCCNC(N)=NCC(C)(C)c1ccc(Cl)c(Cl)c1.I. The van der Waals surface area contributed by atoms with Crippen LogP contribution in [-0.4, -0.2) is 32.3 Å². The summed E-state index contributed by atoms with van der Waals surface area (Å²) in [5, 5.41) is 4.20. The molecule has 0 heterocycles. The predicted octanol–water partition coefficient (Wildman–Crippen LogP) is 4.22. The number of ether oxygens (including phenoxy) is 1. The Kier molecular flexibility index (Phi) is 11.2. The Balaban J connectivity index is 0.00000484. The Hall–Kier alpha value is -0.240. The lowest BCUT2D eigenvalue weighted by atomic mass is 9.85. The quantitative estimate of drug-likeness (QED) is 0.257. The highest BCUT2D eigenvalue weighted by Gasteiger charge is 2.21. The van der Waals surface area contributed by atoms with Crippen LogP contribution in [0, 0.1) is 0 Å². The molecule has 0 radical (unpaired) electrons. The van der Waals surface area contributed by atoms with E-state index in [4.69, 9.17) is 33.7 Å². The van der Waals surface area contributed by atoms with Gasteiger partial charge >= 0.3 is 0 Å². The van der Waals surface area contributed by atoms with Crippen molar-refractivity contribution in [2.75, 3.05) is 26.3 Å². The summed E-state index contributed by atoms with van der Waals surface area (Å²) >= 11 is 12.0. The van der Waals surface area contributed by atoms with E-state index in [1.165, 1.54) is 0 Å². The van der Waals surface area contributed by atoms with E-state index in [0.717, 1.165) is 31.7 Å². The molecule has 1 aromatic carbocycles. The van der Waals surface area contributed by atoms with Crippen molar-refractivity contribution in [1.29, 1.82) is 0 Å². The first-order valence-electron chi connectivity index (χ1n) is 7.44. The highest BCUT2D eigenvalue weighted by Crippen LogP contribution is 2.30. The van der Waals surface area contributed by atoms with E-state index in [9.17, 15) is 0 Å². The summed E-state index contributed by atoms with van der Waals surface area (Å²) in [5.74, 6) is 0.449. The van der Waals surface area contributed by atoms with Crippen molar-refractivity contribution in [3.63, 3.8) is 0 Å². The third-order valence-corrected chi connectivity index (χ3v) is 4.06. The molecule has 0 saturated carbocycles. The molecule has 0 aliphatic carbocycles. The van der Waals surface area contributed by atoms with Crippen molar-refractivity contribution >= 4 is 53.1 Å². The number of guanidine groups is 1. The van der Waals surface area contributed by atoms with Crippen LogP contribution in [-0.2, 0) is 10.2 Å². The van der Waals surface area contributed by atoms with Gasteiger partial charge in [-0.25, -0.2) is 0 Å². The van der Waals surface area contributed by atoms with Crippen LogP contribution in [0.2, 0.25) is 10.0 Å². The molecule has 0 bridgehead atoms. The maximum Gasteiger partial charge on any atom is 0.188 e. The molecule has 23 heavy (non-hydrogen) atoms. The lowest BCUT2D eigenvalue weighted by Gasteiger charge is -2.23. The topological polar surface area (TPSA) is 59.6 Å². The number of nitrogens with two attached hydrogens (primary N) is 1. The van der Waals surface area contributed by atoms with Crippen LogP contribution in [0.25, 0.3) is 0 Å². The Morgan fingerprint density at radius 3 is 2.61 bits per heavy atom. The van der Waals surface area contributed by atoms with Gasteiger partial charge in [-0.3, -0.25) is 4.99 Å². The molecule has 0 unspecified atom stereocenters. The van der Waals surface area contributed by atoms with E-state index < -0.39 is 0 Å². The summed E-state index contributed by atoms with van der Waals surface area (Å²) in [6.45, 7) is 8.95. The number of aliphatic imine (C=N–C) groups is 1. The van der Waals surface area contributed by atoms with Crippen LogP contribution in [0.3, 0.4) is 0 Å². The average Bonchev–Trinajstić information content (AvgIpc) is 2.48. The minimum Gasteiger partial charge on any atom is -0.382 e. The smallest absolute Gasteiger partial charge is 0.188 e. The molecule has 0 aromatic heterocycles. The summed E-state index contributed by atoms with van der Waals surface area (Å²) in [5.41, 5.74) is 6.78. The Morgan fingerprint density at radius 1 is 1.30 bits per heavy atom. The summed E-state index contributed by atoms with van der Waals surface area (Å²) in [7, 11) is 0. The Morgan fingerprint density at radius 2 is 2.00 bits per heavy atom. The highest BCUT2D eigenvalue weighted by atomic mass is 127. The summed E-state index contributed by atoms with van der Waals surface area (Å²) in [6, 6.07) is 5.65. The molecule has 132 valence electrons. The molecule has 0 aliphatic heterocycles. The third-order valence-electron chi connectivity index (χ3n) is 3.32. The van der Waals surface area contributed by atoms with Gasteiger partial charge in [-0.15, -0.1) is 24.0 Å². The van der Waals surface area contributed by atoms with E-state index in [2.05, 4.69) is 24.2 Å². The van der Waals surface area contributed by atoms with Crippen molar-refractivity contribution in [2.24, 2.45) is 10.7 Å². The maximum atomic E-state index is 6.08. The van der Waals surface area contributed by atoms with Gasteiger partial charge in [0.05, 0.1) is 16.6 Å². The van der Waals surface area contributed by atoms with E-state index in [1.807, 2.05) is 19.1 Å². The summed E-state index contributed by atoms with van der Waals surface area (Å²) < 4.78 is 5.26. The minimum absolute atomic E-state index is 0. The molecule has 7 heteroatoms. The van der Waals surface area contributed by atoms with E-state index in [-0.39, 0.29) is 29.4 Å². The first kappa shape index (κ1) is 22.8. The van der Waals surface area contributed by atoms with Crippen molar-refractivity contribution in [1.82, 2.24) is 5.32 Å². The zero-order chi connectivity index (χ0) is 16.6. The van der Waals surface area contributed by atoms with Gasteiger partial charge in [0.2, 0.25) is 0 Å². The second-order valence-corrected chi connectivity index (χ2v) is 6.51. The molecule has 0 atom stereocenters. The van der Waals surface area contributed by atoms with E-state index in [1.54, 1.807) is 6.07 Å². The largest absolute Gasteiger partial charge is 0.382 e. The van der Waals surface area contributed by atoms with Gasteiger partial charge in [0.1, 0.15) is 0 Å². The molecule has 0 spiro atoms. The fourth-order valence-corrected chi connectivity index (χ4v) is 2.18. The van der Waals surface area contributed by atoms with Crippen molar-refractivity contribution < 1.29 is 4.74 Å². The zero-order valence-corrected chi connectivity index (χ0v) is 17.7. The van der Waals surface area contributed by atoms with Crippen LogP contribution in [0.15, 0.2) is 23.2 Å². The van der Waals surface area contributed by atoms with Crippen molar-refractivity contribution in [3.05, 3.63) is 33.8 Å². The highest BCUT2D eigenvalue weighted by molar-refractivity contribution is 14.0. The van der Waals surface area contributed by atoms with Crippen molar-refractivity contribution in [3.8, 4) is 0 Å². The van der Waals surface area contributed by atoms with Crippen molar-refractivity contribution in [2.45, 2.75) is 32.6 Å². The number of benzene rings is 1. The van der Waals surface area contributed by atoms with Crippen LogP contribution >= 0.6 is 47.2 Å². The predicted molar refractivity (Wildman–Crippen MR) is 111 cm³/mol. The van der Waals surface area contributed by atoms with Gasteiger partial charge in [-0.1, -0.05) is 43.1 Å². The lowest BCUT2D eigenvalue weighted by Crippen LogP contribution is -2.34. The molecule has 0 saturated heterocycles. The number of hydrogen-bond acceptors (Lipinski definition) is 2. The number of rotatable bonds is 8. The van der Waals surface area contributed by atoms with Gasteiger partial charge < -0.3 is 15.8 Å². The monoisotopic (exact) mass is 473 g/mol. The number of halogens is 3. The first-order chi connectivity index (χ1) is 10.4. The molecule has 4 nitrogen and oxygen atoms in total. The lowest BCUT2D eigenvalue weighted by molar-refractivity contribution is 0.145. The molecule has 1 rings (SSSR count). The van der Waals surface area contributed by atoms with Crippen LogP contribution in [0.4, 0.5) is 0 Å².